The van der Waals surface area contributed by atoms with Gasteiger partial charge in [-0.3, -0.25) is 4.79 Å². The van der Waals surface area contributed by atoms with Crippen LogP contribution in [0, 0.1) is 0 Å². The normalized spacial score (nSPS) is 11.5. The Morgan fingerprint density at radius 2 is 1.44 bits per heavy atom. The molecule has 0 unspecified atom stereocenters. The van der Waals surface area contributed by atoms with Crippen LogP contribution >= 0.6 is 0 Å². The molecule has 0 saturated heterocycles. The van der Waals surface area contributed by atoms with Gasteiger partial charge in [-0.05, 0) is 46.5 Å². The van der Waals surface area contributed by atoms with Crippen LogP contribution in [-0.2, 0) is 4.79 Å². The van der Waals surface area contributed by atoms with Crippen molar-refractivity contribution in [3.05, 3.63) is 60.7 Å². The van der Waals surface area contributed by atoms with Gasteiger partial charge in [0.05, 0.1) is 6.61 Å². The number of carboxylic acid groups (broad SMARTS) is 1. The second-order valence-corrected chi connectivity index (χ2v) is 8.68. The number of hydrogen-bond donors (Lipinski definition) is 1. The molecule has 32 heavy (non-hydrogen) atoms. The first kappa shape index (κ1) is 22.1. The molecule has 0 saturated carbocycles. The molecule has 0 aliphatic carbocycles. The Morgan fingerprint density at radius 3 is 2.12 bits per heavy atom. The van der Waals surface area contributed by atoms with E-state index in [1.807, 2.05) is 6.08 Å². The zero-order chi connectivity index (χ0) is 22.3. The molecule has 0 spiro atoms. The van der Waals surface area contributed by atoms with Crippen molar-refractivity contribution in [2.75, 3.05) is 6.61 Å². The molecule has 4 aromatic carbocycles. The molecule has 3 heteroatoms. The minimum atomic E-state index is -0.686. The number of aliphatic carboxylic acids is 1. The van der Waals surface area contributed by atoms with Crippen LogP contribution in [0.2, 0.25) is 0 Å². The topological polar surface area (TPSA) is 46.5 Å². The van der Waals surface area contributed by atoms with Crippen molar-refractivity contribution in [2.24, 2.45) is 0 Å². The quantitative estimate of drug-likeness (QED) is 0.172. The van der Waals surface area contributed by atoms with Gasteiger partial charge < -0.3 is 9.84 Å². The molecule has 4 rings (SSSR count). The highest BCUT2D eigenvalue weighted by Gasteiger charge is 2.14. The minimum Gasteiger partial charge on any atom is -0.492 e. The first-order chi connectivity index (χ1) is 15.7. The first-order valence-corrected chi connectivity index (χ1v) is 11.9. The zero-order valence-electron chi connectivity index (χ0n) is 18.7. The molecule has 1 N–H and O–H groups in total. The van der Waals surface area contributed by atoms with Gasteiger partial charge in [-0.2, -0.15) is 0 Å². The molecule has 0 bridgehead atoms. The van der Waals surface area contributed by atoms with Crippen LogP contribution in [0.25, 0.3) is 38.4 Å². The van der Waals surface area contributed by atoms with E-state index in [1.54, 1.807) is 0 Å². The van der Waals surface area contributed by atoms with Crippen molar-refractivity contribution >= 4 is 44.4 Å². The summed E-state index contributed by atoms with van der Waals surface area (Å²) in [5.41, 5.74) is 1.05. The van der Waals surface area contributed by atoms with Gasteiger partial charge in [0, 0.05) is 22.8 Å². The summed E-state index contributed by atoms with van der Waals surface area (Å²) in [6.45, 7) is 4.74. The Balaban J connectivity index is 1.35. The van der Waals surface area contributed by atoms with Gasteiger partial charge in [0.25, 0.3) is 0 Å². The highest BCUT2D eigenvalue weighted by Crippen LogP contribution is 2.41. The van der Waals surface area contributed by atoms with Gasteiger partial charge in [-0.25, -0.2) is 0 Å². The number of carboxylic acids is 1. The predicted molar refractivity (Wildman–Crippen MR) is 135 cm³/mol. The van der Waals surface area contributed by atoms with Crippen LogP contribution in [0.1, 0.15) is 63.4 Å². The maximum absolute atomic E-state index is 10.5. The van der Waals surface area contributed by atoms with Crippen LogP contribution in [0.4, 0.5) is 0 Å². The lowest BCUT2D eigenvalue weighted by Crippen LogP contribution is -2.00. The molecular weight excluding hydrogens is 396 g/mol. The molecule has 0 radical (unpaired) electrons. The maximum Gasteiger partial charge on any atom is 0.303 e. The number of hydrogen-bond acceptors (Lipinski definition) is 2. The monoisotopic (exact) mass is 428 g/mol. The Labute approximate surface area is 190 Å². The largest absolute Gasteiger partial charge is 0.492 e. The SMILES string of the molecule is C=Cc1cc2ccc3cccc4ccc(c1OCCCCCCCCCCC(=O)O)c2c34. The number of rotatable bonds is 13. The third-order valence-electron chi connectivity index (χ3n) is 6.38. The molecule has 0 aliphatic heterocycles. The fourth-order valence-corrected chi connectivity index (χ4v) is 4.73. The molecule has 0 heterocycles. The highest BCUT2D eigenvalue weighted by atomic mass is 16.5. The summed E-state index contributed by atoms with van der Waals surface area (Å²) in [6, 6.07) is 17.4. The minimum absolute atomic E-state index is 0.299. The highest BCUT2D eigenvalue weighted by molar-refractivity contribution is 6.24. The molecular formula is C29H32O3. The summed E-state index contributed by atoms with van der Waals surface area (Å²) in [6.07, 6.45) is 11.0. The van der Waals surface area contributed by atoms with Gasteiger partial charge in [-0.1, -0.05) is 87.6 Å². The van der Waals surface area contributed by atoms with Gasteiger partial charge in [0.1, 0.15) is 5.75 Å². The smallest absolute Gasteiger partial charge is 0.303 e. The fraction of sp³-hybridized carbons (Fsp3) is 0.345. The van der Waals surface area contributed by atoms with Crippen molar-refractivity contribution in [3.63, 3.8) is 0 Å². The summed E-state index contributed by atoms with van der Waals surface area (Å²) in [7, 11) is 0. The Morgan fingerprint density at radius 1 is 0.812 bits per heavy atom. The molecule has 0 aliphatic rings. The molecule has 0 atom stereocenters. The van der Waals surface area contributed by atoms with E-state index in [0.29, 0.717) is 13.0 Å². The number of unbranched alkanes of at least 4 members (excludes halogenated alkanes) is 7. The Hall–Kier alpha value is -3.07. The lowest BCUT2D eigenvalue weighted by atomic mass is 9.92. The average molecular weight is 429 g/mol. The van der Waals surface area contributed by atoms with Crippen LogP contribution < -0.4 is 4.74 Å². The van der Waals surface area contributed by atoms with Crippen molar-refractivity contribution in [3.8, 4) is 5.75 Å². The Kier molecular flexibility index (Phi) is 7.26. The summed E-state index contributed by atoms with van der Waals surface area (Å²) in [4.78, 5) is 10.5. The van der Waals surface area contributed by atoms with Crippen LogP contribution in [-0.4, -0.2) is 17.7 Å². The van der Waals surface area contributed by atoms with Crippen LogP contribution in [0.5, 0.6) is 5.75 Å². The van der Waals surface area contributed by atoms with E-state index in [1.165, 1.54) is 51.6 Å². The summed E-state index contributed by atoms with van der Waals surface area (Å²) in [5.74, 6) is 0.262. The second-order valence-electron chi connectivity index (χ2n) is 8.68. The zero-order valence-corrected chi connectivity index (χ0v) is 18.7. The van der Waals surface area contributed by atoms with Crippen LogP contribution in [0.15, 0.2) is 55.1 Å². The predicted octanol–water partition coefficient (Wildman–Crippen LogP) is 8.20. The lowest BCUT2D eigenvalue weighted by molar-refractivity contribution is -0.137. The van der Waals surface area contributed by atoms with Gasteiger partial charge in [0.2, 0.25) is 0 Å². The van der Waals surface area contributed by atoms with E-state index in [-0.39, 0.29) is 0 Å². The molecule has 166 valence electrons. The van der Waals surface area contributed by atoms with Gasteiger partial charge >= 0.3 is 5.97 Å². The second kappa shape index (κ2) is 10.5. The Bertz CT molecular complexity index is 1190. The van der Waals surface area contributed by atoms with Crippen molar-refractivity contribution < 1.29 is 14.6 Å². The average Bonchev–Trinajstić information content (AvgIpc) is 2.81. The van der Waals surface area contributed by atoms with E-state index in [9.17, 15) is 4.79 Å². The van der Waals surface area contributed by atoms with E-state index in [4.69, 9.17) is 9.84 Å². The number of ether oxygens (including phenoxy) is 1. The van der Waals surface area contributed by atoms with E-state index >= 15 is 0 Å². The van der Waals surface area contributed by atoms with Crippen molar-refractivity contribution in [1.29, 1.82) is 0 Å². The number of benzene rings is 4. The fourth-order valence-electron chi connectivity index (χ4n) is 4.73. The standard InChI is InChI=1S/C29H32O3/c1-2-21-20-24-16-15-22-12-11-13-23-17-18-25(28(24)27(22)23)29(21)32-19-10-8-6-4-3-5-7-9-14-26(30)31/h2,11-13,15-18,20H,1,3-10,14,19H2,(H,30,31). The number of carbonyl (C=O) groups is 1. The maximum atomic E-state index is 10.5. The van der Waals surface area contributed by atoms with Gasteiger partial charge in [0.15, 0.2) is 0 Å². The van der Waals surface area contributed by atoms with Crippen molar-refractivity contribution in [2.45, 2.75) is 57.8 Å². The molecule has 0 aromatic heterocycles. The molecule has 0 amide bonds. The van der Waals surface area contributed by atoms with E-state index < -0.39 is 5.97 Å². The van der Waals surface area contributed by atoms with Gasteiger partial charge in [-0.15, -0.1) is 0 Å². The molecule has 0 fully saturated rings. The lowest BCUT2D eigenvalue weighted by Gasteiger charge is -2.17. The first-order valence-electron chi connectivity index (χ1n) is 11.9. The third kappa shape index (κ3) is 4.88. The van der Waals surface area contributed by atoms with E-state index in [0.717, 1.165) is 43.4 Å². The molecule has 3 nitrogen and oxygen atoms in total. The van der Waals surface area contributed by atoms with Crippen molar-refractivity contribution in [1.82, 2.24) is 0 Å². The summed E-state index contributed by atoms with van der Waals surface area (Å²) in [5, 5.41) is 16.2. The van der Waals surface area contributed by atoms with E-state index in [2.05, 4.69) is 55.1 Å². The molecule has 4 aromatic rings. The summed E-state index contributed by atoms with van der Waals surface area (Å²) < 4.78 is 6.34. The summed E-state index contributed by atoms with van der Waals surface area (Å²) >= 11 is 0. The van der Waals surface area contributed by atoms with Crippen LogP contribution in [0.3, 0.4) is 0 Å². The third-order valence-corrected chi connectivity index (χ3v) is 6.38.